The zero-order valence-electron chi connectivity index (χ0n) is 17.8. The Morgan fingerprint density at radius 2 is 1.97 bits per heavy atom. The van der Waals surface area contributed by atoms with Crippen molar-refractivity contribution in [3.8, 4) is 0 Å². The average molecular weight is 441 g/mol. The molecule has 6 heteroatoms. The van der Waals surface area contributed by atoms with E-state index in [1.165, 1.54) is 13.2 Å². The summed E-state index contributed by atoms with van der Waals surface area (Å²) in [7, 11) is 1.37. The highest BCUT2D eigenvalue weighted by atomic mass is 35.5. The largest absolute Gasteiger partial charge is 0.466 e. The van der Waals surface area contributed by atoms with Gasteiger partial charge in [-0.2, -0.15) is 0 Å². The van der Waals surface area contributed by atoms with Crippen molar-refractivity contribution in [3.63, 3.8) is 0 Å². The van der Waals surface area contributed by atoms with Gasteiger partial charge in [-0.1, -0.05) is 61.3 Å². The lowest BCUT2D eigenvalue weighted by Crippen LogP contribution is -2.11. The maximum Gasteiger partial charge on any atom is 0.334 e. The van der Waals surface area contributed by atoms with Crippen molar-refractivity contribution in [2.45, 2.75) is 39.2 Å². The maximum atomic E-state index is 14.5. The quantitative estimate of drug-likeness (QED) is 0.309. The third-order valence-corrected chi connectivity index (χ3v) is 5.46. The minimum atomic E-state index is -0.407. The topological polar surface area (TPSA) is 44.1 Å². The molecular formula is C25H26ClFN2O2. The van der Waals surface area contributed by atoms with Crippen molar-refractivity contribution < 1.29 is 13.9 Å². The highest BCUT2D eigenvalue weighted by Crippen LogP contribution is 2.23. The van der Waals surface area contributed by atoms with E-state index in [9.17, 15) is 9.18 Å². The Hall–Kier alpha value is -2.92. The number of nitrogens with zero attached hydrogens (tertiary/aromatic N) is 2. The first-order valence-corrected chi connectivity index (χ1v) is 10.7. The number of carbonyl (C=O) groups is 1. The van der Waals surface area contributed by atoms with Gasteiger partial charge in [-0.15, -0.1) is 0 Å². The van der Waals surface area contributed by atoms with Crippen molar-refractivity contribution in [2.24, 2.45) is 0 Å². The number of ether oxygens (including phenoxy) is 1. The number of aromatic nitrogens is 2. The molecule has 0 N–H and O–H groups in total. The van der Waals surface area contributed by atoms with Crippen LogP contribution >= 0.6 is 11.6 Å². The summed E-state index contributed by atoms with van der Waals surface area (Å²) in [5.41, 5.74) is 2.60. The number of hydrogen-bond donors (Lipinski definition) is 0. The van der Waals surface area contributed by atoms with E-state index in [2.05, 4.69) is 11.9 Å². The van der Waals surface area contributed by atoms with Crippen LogP contribution in [0.1, 0.15) is 42.4 Å². The van der Waals surface area contributed by atoms with Gasteiger partial charge in [-0.25, -0.2) is 14.2 Å². The third kappa shape index (κ3) is 5.82. The van der Waals surface area contributed by atoms with Gasteiger partial charge in [0.15, 0.2) is 0 Å². The van der Waals surface area contributed by atoms with E-state index in [4.69, 9.17) is 16.3 Å². The van der Waals surface area contributed by atoms with Crippen LogP contribution in [0.15, 0.2) is 60.3 Å². The lowest BCUT2D eigenvalue weighted by Gasteiger charge is -2.13. The Morgan fingerprint density at radius 1 is 1.19 bits per heavy atom. The van der Waals surface area contributed by atoms with E-state index in [0.29, 0.717) is 28.3 Å². The molecule has 162 valence electrons. The van der Waals surface area contributed by atoms with E-state index < -0.39 is 5.97 Å². The van der Waals surface area contributed by atoms with E-state index >= 15 is 0 Å². The summed E-state index contributed by atoms with van der Waals surface area (Å²) in [6.45, 7) is 2.34. The number of imidazole rings is 1. The van der Waals surface area contributed by atoms with Gasteiger partial charge < -0.3 is 9.30 Å². The average Bonchev–Trinajstić information content (AvgIpc) is 3.15. The van der Waals surface area contributed by atoms with Crippen LogP contribution in [0.4, 0.5) is 4.39 Å². The maximum absolute atomic E-state index is 14.5. The molecule has 0 spiro atoms. The van der Waals surface area contributed by atoms with Crippen LogP contribution < -0.4 is 0 Å². The SMILES string of the molecule is CCCCc1ncc(/C=C(\Cc2ccccc2)C(=O)OC)n1Cc1c(F)cccc1Cl. The normalized spacial score (nSPS) is 11.5. The standard InChI is InChI=1S/C25H26ClFN2O2/c1-3-4-13-24-28-16-20(29(24)17-21-22(26)11-8-12-23(21)27)15-19(25(30)31-2)14-18-9-6-5-7-10-18/h5-12,15-16H,3-4,13-14,17H2,1-2H3/b19-15+. The van der Waals surface area contributed by atoms with Crippen LogP contribution in [0.3, 0.4) is 0 Å². The number of benzene rings is 2. The van der Waals surface area contributed by atoms with Gasteiger partial charge in [0.25, 0.3) is 0 Å². The van der Waals surface area contributed by atoms with Crippen molar-refractivity contribution in [2.75, 3.05) is 7.11 Å². The molecule has 31 heavy (non-hydrogen) atoms. The van der Waals surface area contributed by atoms with E-state index in [-0.39, 0.29) is 12.4 Å². The first-order chi connectivity index (χ1) is 15.0. The lowest BCUT2D eigenvalue weighted by atomic mass is 10.0. The van der Waals surface area contributed by atoms with Crippen LogP contribution in [0.2, 0.25) is 5.02 Å². The zero-order chi connectivity index (χ0) is 22.2. The van der Waals surface area contributed by atoms with Gasteiger partial charge in [0.1, 0.15) is 11.6 Å². The molecule has 1 aromatic heterocycles. The number of carbonyl (C=O) groups excluding carboxylic acids is 1. The van der Waals surface area contributed by atoms with Crippen molar-refractivity contribution >= 4 is 23.6 Å². The summed E-state index contributed by atoms with van der Waals surface area (Å²) in [5, 5.41) is 0.363. The number of aryl methyl sites for hydroxylation is 1. The molecule has 0 bridgehead atoms. The first-order valence-electron chi connectivity index (χ1n) is 10.3. The molecule has 3 aromatic rings. The first kappa shape index (κ1) is 22.8. The second-order valence-corrected chi connectivity index (χ2v) is 7.72. The number of esters is 1. The number of rotatable bonds is 9. The van der Waals surface area contributed by atoms with E-state index in [0.717, 1.165) is 30.7 Å². The van der Waals surface area contributed by atoms with Crippen LogP contribution in [0.5, 0.6) is 0 Å². The van der Waals surface area contributed by atoms with Gasteiger partial charge in [-0.3, -0.25) is 0 Å². The summed E-state index contributed by atoms with van der Waals surface area (Å²) in [6.07, 6.45) is 6.63. The summed E-state index contributed by atoms with van der Waals surface area (Å²) in [4.78, 5) is 17.0. The Bertz CT molecular complexity index is 1040. The molecule has 3 rings (SSSR count). The fourth-order valence-corrected chi connectivity index (χ4v) is 3.63. The molecular weight excluding hydrogens is 415 g/mol. The van der Waals surface area contributed by atoms with Crippen molar-refractivity contribution in [1.29, 1.82) is 0 Å². The zero-order valence-corrected chi connectivity index (χ0v) is 18.5. The van der Waals surface area contributed by atoms with Gasteiger partial charge in [-0.05, 0) is 30.2 Å². The van der Waals surface area contributed by atoms with Crippen LogP contribution in [0.25, 0.3) is 6.08 Å². The van der Waals surface area contributed by atoms with Gasteiger partial charge in [0, 0.05) is 29.0 Å². The molecule has 0 aliphatic heterocycles. The highest BCUT2D eigenvalue weighted by molar-refractivity contribution is 6.31. The molecule has 2 aromatic carbocycles. The molecule has 4 nitrogen and oxygen atoms in total. The fraction of sp³-hybridized carbons (Fsp3) is 0.280. The number of unbranched alkanes of at least 4 members (excludes halogenated alkanes) is 1. The minimum Gasteiger partial charge on any atom is -0.466 e. The molecule has 0 amide bonds. The fourth-order valence-electron chi connectivity index (χ4n) is 3.41. The highest BCUT2D eigenvalue weighted by Gasteiger charge is 2.17. The van der Waals surface area contributed by atoms with E-state index in [1.54, 1.807) is 24.4 Å². The minimum absolute atomic E-state index is 0.232. The molecule has 0 aliphatic carbocycles. The van der Waals surface area contributed by atoms with Gasteiger partial charge in [0.05, 0.1) is 25.5 Å². The molecule has 0 saturated carbocycles. The van der Waals surface area contributed by atoms with Crippen LogP contribution in [0, 0.1) is 5.82 Å². The summed E-state index contributed by atoms with van der Waals surface area (Å²) >= 11 is 6.28. The van der Waals surface area contributed by atoms with E-state index in [1.807, 2.05) is 34.9 Å². The third-order valence-electron chi connectivity index (χ3n) is 5.11. The Balaban J connectivity index is 2.03. The molecule has 0 fully saturated rings. The van der Waals surface area contributed by atoms with Crippen molar-refractivity contribution in [3.05, 3.63) is 93.8 Å². The predicted octanol–water partition coefficient (Wildman–Crippen LogP) is 5.87. The van der Waals surface area contributed by atoms with Crippen LogP contribution in [-0.2, 0) is 28.9 Å². The number of halogens is 2. The van der Waals surface area contributed by atoms with Crippen LogP contribution in [-0.4, -0.2) is 22.6 Å². The van der Waals surface area contributed by atoms with Crippen molar-refractivity contribution in [1.82, 2.24) is 9.55 Å². The smallest absolute Gasteiger partial charge is 0.334 e. The number of hydrogen-bond acceptors (Lipinski definition) is 3. The second-order valence-electron chi connectivity index (χ2n) is 7.31. The monoisotopic (exact) mass is 440 g/mol. The molecule has 0 unspecified atom stereocenters. The summed E-state index contributed by atoms with van der Waals surface area (Å²) < 4.78 is 21.4. The van der Waals surface area contributed by atoms with Gasteiger partial charge in [0.2, 0.25) is 0 Å². The Kier molecular flexibility index (Phi) is 8.01. The molecule has 0 atom stereocenters. The van der Waals surface area contributed by atoms with Gasteiger partial charge >= 0.3 is 5.97 Å². The summed E-state index contributed by atoms with van der Waals surface area (Å²) in [6, 6.07) is 14.4. The molecule has 0 saturated heterocycles. The Labute approximate surface area is 187 Å². The predicted molar refractivity (Wildman–Crippen MR) is 121 cm³/mol. The molecule has 0 radical (unpaired) electrons. The second kappa shape index (κ2) is 10.9. The molecule has 0 aliphatic rings. The summed E-state index contributed by atoms with van der Waals surface area (Å²) in [5.74, 6) is 0.0574. The Morgan fingerprint density at radius 3 is 2.65 bits per heavy atom. The number of methoxy groups -OCH3 is 1. The molecule has 1 heterocycles. The lowest BCUT2D eigenvalue weighted by molar-refractivity contribution is -0.136.